The van der Waals surface area contributed by atoms with Crippen molar-refractivity contribution in [2.24, 2.45) is 5.92 Å². The zero-order chi connectivity index (χ0) is 80.4. The van der Waals surface area contributed by atoms with Crippen molar-refractivity contribution in [2.75, 3.05) is 39.6 Å². The molecule has 0 saturated heterocycles. The average molecular weight is 1610 g/mol. The van der Waals surface area contributed by atoms with Crippen LogP contribution in [0.4, 0.5) is 0 Å². The van der Waals surface area contributed by atoms with Crippen molar-refractivity contribution in [3.63, 3.8) is 0 Å². The molecule has 3 unspecified atom stereocenters. The van der Waals surface area contributed by atoms with Gasteiger partial charge in [-0.1, -0.05) is 446 Å². The lowest BCUT2D eigenvalue weighted by atomic mass is 9.99. The Morgan fingerprint density at radius 1 is 0.255 bits per heavy atom. The van der Waals surface area contributed by atoms with Gasteiger partial charge in [0.1, 0.15) is 19.3 Å². The van der Waals surface area contributed by atoms with Gasteiger partial charge in [0, 0.05) is 25.7 Å². The monoisotopic (exact) mass is 1610 g/mol. The number of unbranched alkanes of at least 4 members (excludes halogenated alkanes) is 62. The number of hydrogen-bond donors (Lipinski definition) is 3. The molecule has 654 valence electrons. The van der Waals surface area contributed by atoms with Crippen LogP contribution in [0.15, 0.2) is 0 Å². The van der Waals surface area contributed by atoms with E-state index in [4.69, 9.17) is 37.0 Å². The summed E-state index contributed by atoms with van der Waals surface area (Å²) in [5.74, 6) is -1.32. The Balaban J connectivity index is 5.24. The minimum Gasteiger partial charge on any atom is -0.462 e. The van der Waals surface area contributed by atoms with E-state index in [0.717, 1.165) is 95.8 Å². The topological polar surface area (TPSA) is 237 Å². The predicted octanol–water partition coefficient (Wildman–Crippen LogP) is 28.3. The summed E-state index contributed by atoms with van der Waals surface area (Å²) in [7, 11) is -9.94. The Labute approximate surface area is 677 Å². The maximum Gasteiger partial charge on any atom is 0.472 e. The Kier molecular flexibility index (Phi) is 82.1. The van der Waals surface area contributed by atoms with E-state index < -0.39 is 97.5 Å². The van der Waals surface area contributed by atoms with Gasteiger partial charge < -0.3 is 33.8 Å². The van der Waals surface area contributed by atoms with Gasteiger partial charge in [-0.3, -0.25) is 37.3 Å². The summed E-state index contributed by atoms with van der Waals surface area (Å²) in [5.41, 5.74) is 0. The van der Waals surface area contributed by atoms with Crippen LogP contribution >= 0.6 is 15.6 Å². The first-order chi connectivity index (χ1) is 53.6. The highest BCUT2D eigenvalue weighted by atomic mass is 31.2. The summed E-state index contributed by atoms with van der Waals surface area (Å²) in [4.78, 5) is 73.4. The summed E-state index contributed by atoms with van der Waals surface area (Å²) in [6.45, 7) is 7.40. The summed E-state index contributed by atoms with van der Waals surface area (Å²) in [5, 5.41) is 10.7. The third-order valence-electron chi connectivity index (χ3n) is 21.9. The van der Waals surface area contributed by atoms with Crippen LogP contribution in [0.2, 0.25) is 0 Å². The molecule has 0 aliphatic carbocycles. The average Bonchev–Trinajstić information content (AvgIpc) is 0.899. The van der Waals surface area contributed by atoms with Gasteiger partial charge in [-0.25, -0.2) is 9.13 Å². The zero-order valence-electron chi connectivity index (χ0n) is 72.4. The Bertz CT molecular complexity index is 2080. The molecule has 0 spiro atoms. The van der Waals surface area contributed by atoms with E-state index in [1.807, 2.05) is 0 Å². The zero-order valence-corrected chi connectivity index (χ0v) is 74.2. The minimum absolute atomic E-state index is 0.108. The molecular weight excluding hydrogens is 1430 g/mol. The van der Waals surface area contributed by atoms with E-state index in [-0.39, 0.29) is 25.7 Å². The van der Waals surface area contributed by atoms with E-state index in [0.29, 0.717) is 25.7 Å². The van der Waals surface area contributed by atoms with Crippen molar-refractivity contribution in [1.29, 1.82) is 0 Å². The van der Waals surface area contributed by atoms with Crippen LogP contribution in [0.1, 0.15) is 497 Å². The van der Waals surface area contributed by atoms with E-state index in [1.165, 1.54) is 321 Å². The number of phosphoric ester groups is 2. The maximum atomic E-state index is 13.2. The molecule has 3 N–H and O–H groups in total. The lowest BCUT2D eigenvalue weighted by Crippen LogP contribution is -2.30. The number of aliphatic hydroxyl groups excluding tert-OH is 1. The second-order valence-corrected chi connectivity index (χ2v) is 35.8. The standard InChI is InChI=1S/C91H178O17P2/c1-6-10-13-16-19-22-25-28-31-34-36-38-39-41-43-46-49-52-55-62-67-72-77-90(95)107-86(80-101-88(93)74-69-64-59-53-50-47-45-42-40-37-35-32-29-26-23-20-17-14-11-7-2)82-105-109(97,98)103-78-85(92)79-104-110(99,100)106-83-87(81-102-89(94)75-70-65-60-57-56-58-63-68-73-84(5)9-4)108-91(96)76-71-66-61-54-51-48-44-33-30-27-24-21-18-15-12-8-3/h84-87,92H,6-83H2,1-5H3,(H,97,98)(H,99,100)/t84?,85-,86-,87-/m1/s1. The van der Waals surface area contributed by atoms with E-state index in [9.17, 15) is 43.2 Å². The fourth-order valence-corrected chi connectivity index (χ4v) is 15.9. The number of rotatable bonds is 91. The quantitative estimate of drug-likeness (QED) is 0.0222. The van der Waals surface area contributed by atoms with E-state index in [2.05, 4.69) is 34.6 Å². The van der Waals surface area contributed by atoms with Gasteiger partial charge in [-0.2, -0.15) is 0 Å². The normalized spacial score (nSPS) is 13.9. The van der Waals surface area contributed by atoms with Gasteiger partial charge in [-0.05, 0) is 31.6 Å². The van der Waals surface area contributed by atoms with Gasteiger partial charge in [0.15, 0.2) is 12.2 Å². The van der Waals surface area contributed by atoms with E-state index >= 15 is 0 Å². The smallest absolute Gasteiger partial charge is 0.462 e. The number of phosphoric acid groups is 2. The van der Waals surface area contributed by atoms with Crippen LogP contribution in [0.3, 0.4) is 0 Å². The summed E-state index contributed by atoms with van der Waals surface area (Å²) in [6.07, 6.45) is 79.3. The summed E-state index contributed by atoms with van der Waals surface area (Å²) < 4.78 is 69.1. The lowest BCUT2D eigenvalue weighted by Gasteiger charge is -2.21. The number of esters is 4. The number of hydrogen-bond acceptors (Lipinski definition) is 15. The van der Waals surface area contributed by atoms with Crippen LogP contribution in [-0.4, -0.2) is 96.7 Å². The maximum absolute atomic E-state index is 13.2. The number of ether oxygens (including phenoxy) is 4. The van der Waals surface area contributed by atoms with Gasteiger partial charge >= 0.3 is 39.5 Å². The van der Waals surface area contributed by atoms with Crippen molar-refractivity contribution in [2.45, 2.75) is 515 Å². The highest BCUT2D eigenvalue weighted by molar-refractivity contribution is 7.47. The molecule has 0 radical (unpaired) electrons. The van der Waals surface area contributed by atoms with Crippen LogP contribution in [0.5, 0.6) is 0 Å². The first-order valence-corrected chi connectivity index (χ1v) is 50.2. The van der Waals surface area contributed by atoms with Crippen LogP contribution in [0.25, 0.3) is 0 Å². The largest absolute Gasteiger partial charge is 0.472 e. The SMILES string of the molecule is CCCCCCCCCCCCCCCCCCCCCCCCC(=O)O[C@H](COC(=O)CCCCCCCCCCCCCCCCCCCCCC)COP(=O)(O)OC[C@@H](O)COP(=O)(O)OC[C@@H](COC(=O)CCCCCCCCCCC(C)CC)OC(=O)CCCCCCCCCCCCCCCCCC. The Morgan fingerprint density at radius 3 is 0.645 bits per heavy atom. The van der Waals surface area contributed by atoms with Crippen molar-refractivity contribution < 1.29 is 80.2 Å². The number of carbonyl (C=O) groups is 4. The second kappa shape index (κ2) is 83.5. The van der Waals surface area contributed by atoms with Crippen molar-refractivity contribution in [1.82, 2.24) is 0 Å². The molecule has 0 bridgehead atoms. The number of carbonyl (C=O) groups excluding carboxylic acids is 4. The summed E-state index contributed by atoms with van der Waals surface area (Å²) in [6, 6.07) is 0. The molecule has 0 rings (SSSR count). The highest BCUT2D eigenvalue weighted by Gasteiger charge is 2.31. The molecule has 6 atom stereocenters. The fourth-order valence-electron chi connectivity index (χ4n) is 14.3. The molecule has 110 heavy (non-hydrogen) atoms. The molecule has 0 amide bonds. The molecule has 19 heteroatoms. The summed E-state index contributed by atoms with van der Waals surface area (Å²) >= 11 is 0. The van der Waals surface area contributed by atoms with Crippen molar-refractivity contribution >= 4 is 39.5 Å². The third kappa shape index (κ3) is 82.6. The first kappa shape index (κ1) is 108. The van der Waals surface area contributed by atoms with Gasteiger partial charge in [-0.15, -0.1) is 0 Å². The molecule has 0 aromatic rings. The Morgan fingerprint density at radius 2 is 0.436 bits per heavy atom. The first-order valence-electron chi connectivity index (χ1n) is 47.2. The third-order valence-corrected chi connectivity index (χ3v) is 23.8. The molecule has 0 heterocycles. The van der Waals surface area contributed by atoms with E-state index in [1.54, 1.807) is 0 Å². The molecular formula is C91H178O17P2. The Hall–Kier alpha value is -1.94. The van der Waals surface area contributed by atoms with Crippen molar-refractivity contribution in [3.05, 3.63) is 0 Å². The molecule has 0 aromatic heterocycles. The molecule has 0 aromatic carbocycles. The van der Waals surface area contributed by atoms with Crippen LogP contribution in [0, 0.1) is 5.92 Å². The molecule has 0 aliphatic rings. The van der Waals surface area contributed by atoms with Gasteiger partial charge in [0.2, 0.25) is 0 Å². The molecule has 0 fully saturated rings. The molecule has 17 nitrogen and oxygen atoms in total. The fraction of sp³-hybridized carbons (Fsp3) is 0.956. The second-order valence-electron chi connectivity index (χ2n) is 32.9. The predicted molar refractivity (Wildman–Crippen MR) is 455 cm³/mol. The number of aliphatic hydroxyl groups is 1. The van der Waals surface area contributed by atoms with Crippen LogP contribution in [-0.2, 0) is 65.4 Å². The van der Waals surface area contributed by atoms with Crippen LogP contribution < -0.4 is 0 Å². The minimum atomic E-state index is -4.97. The van der Waals surface area contributed by atoms with Gasteiger partial charge in [0.25, 0.3) is 0 Å². The highest BCUT2D eigenvalue weighted by Crippen LogP contribution is 2.45. The van der Waals surface area contributed by atoms with Crippen molar-refractivity contribution in [3.8, 4) is 0 Å². The lowest BCUT2D eigenvalue weighted by molar-refractivity contribution is -0.161. The molecule has 0 saturated carbocycles. The van der Waals surface area contributed by atoms with Gasteiger partial charge in [0.05, 0.1) is 26.4 Å². The molecule has 0 aliphatic heterocycles.